The number of aromatic nitrogens is 1. The molecule has 1 heterocycles. The van der Waals surface area contributed by atoms with E-state index in [-0.39, 0.29) is 24.4 Å². The van der Waals surface area contributed by atoms with Crippen LogP contribution in [0.4, 0.5) is 19.1 Å². The summed E-state index contributed by atoms with van der Waals surface area (Å²) in [5, 5.41) is 3.46. The van der Waals surface area contributed by atoms with Gasteiger partial charge in [0.25, 0.3) is 0 Å². The number of rotatable bonds is 1. The van der Waals surface area contributed by atoms with Crippen molar-refractivity contribution in [1.29, 1.82) is 0 Å². The fraction of sp³-hybridized carbons (Fsp3) is 0.700. The van der Waals surface area contributed by atoms with Gasteiger partial charge in [-0.1, -0.05) is 24.4 Å². The van der Waals surface area contributed by atoms with Crippen molar-refractivity contribution < 1.29 is 17.7 Å². The van der Waals surface area contributed by atoms with Crippen LogP contribution < -0.4 is 5.73 Å². The molecule has 2 rings (SSSR count). The zero-order valence-corrected chi connectivity index (χ0v) is 8.68. The molecule has 2 N–H and O–H groups in total. The summed E-state index contributed by atoms with van der Waals surface area (Å²) in [6, 6.07) is 1.19. The van der Waals surface area contributed by atoms with E-state index in [0.29, 0.717) is 12.8 Å². The molecule has 0 atom stereocenters. The molecule has 1 aromatic rings. The maximum absolute atomic E-state index is 13.2. The molecular formula is C10H13F3N2O. The Labute approximate surface area is 90.8 Å². The van der Waals surface area contributed by atoms with E-state index in [0.717, 1.165) is 6.42 Å². The molecule has 1 fully saturated rings. The summed E-state index contributed by atoms with van der Waals surface area (Å²) < 4.78 is 44.1. The summed E-state index contributed by atoms with van der Waals surface area (Å²) in [5.74, 6) is -0.0656. The van der Waals surface area contributed by atoms with Gasteiger partial charge in [-0.05, 0) is 12.8 Å². The molecular weight excluding hydrogens is 221 g/mol. The Balaban J connectivity index is 2.41. The van der Waals surface area contributed by atoms with Gasteiger partial charge in [-0.15, -0.1) is 0 Å². The van der Waals surface area contributed by atoms with E-state index in [2.05, 4.69) is 9.68 Å². The number of anilines is 1. The Kier molecular flexibility index (Phi) is 2.59. The Morgan fingerprint density at radius 2 is 1.88 bits per heavy atom. The lowest BCUT2D eigenvalue weighted by molar-refractivity contribution is -0.201. The number of nitrogens with zero attached hydrogens (tertiary/aromatic N) is 1. The maximum atomic E-state index is 13.2. The summed E-state index contributed by atoms with van der Waals surface area (Å²) in [4.78, 5) is 0. The smallest absolute Gasteiger partial charge is 0.368 e. The summed E-state index contributed by atoms with van der Waals surface area (Å²) in [7, 11) is 0. The number of halogens is 3. The van der Waals surface area contributed by atoms with Crippen molar-refractivity contribution in [2.75, 3.05) is 5.73 Å². The summed E-state index contributed by atoms with van der Waals surface area (Å²) in [5.41, 5.74) is 3.36. The number of nitrogen functional groups attached to an aromatic ring is 1. The fourth-order valence-corrected chi connectivity index (χ4v) is 2.36. The van der Waals surface area contributed by atoms with E-state index in [4.69, 9.17) is 5.73 Å². The average Bonchev–Trinajstić information content (AvgIpc) is 2.65. The Morgan fingerprint density at radius 1 is 1.25 bits per heavy atom. The van der Waals surface area contributed by atoms with E-state index >= 15 is 0 Å². The van der Waals surface area contributed by atoms with Gasteiger partial charge < -0.3 is 10.3 Å². The molecule has 6 heteroatoms. The predicted molar refractivity (Wildman–Crippen MR) is 51.7 cm³/mol. The van der Waals surface area contributed by atoms with Crippen LogP contribution >= 0.6 is 0 Å². The molecule has 0 saturated heterocycles. The number of hydrogen-bond acceptors (Lipinski definition) is 3. The molecule has 0 aliphatic heterocycles. The van der Waals surface area contributed by atoms with E-state index in [1.165, 1.54) is 6.07 Å². The highest BCUT2D eigenvalue weighted by Crippen LogP contribution is 2.50. The molecule has 0 amide bonds. The summed E-state index contributed by atoms with van der Waals surface area (Å²) in [6.45, 7) is 0. The maximum Gasteiger partial charge on any atom is 0.400 e. The van der Waals surface area contributed by atoms with Gasteiger partial charge in [0.15, 0.2) is 0 Å². The second-order valence-electron chi connectivity index (χ2n) is 4.26. The van der Waals surface area contributed by atoms with E-state index in [1.54, 1.807) is 0 Å². The van der Waals surface area contributed by atoms with Gasteiger partial charge in [-0.3, -0.25) is 0 Å². The van der Waals surface area contributed by atoms with Gasteiger partial charge >= 0.3 is 6.18 Å². The number of alkyl halides is 3. The van der Waals surface area contributed by atoms with Crippen molar-refractivity contribution in [3.8, 4) is 0 Å². The topological polar surface area (TPSA) is 52.0 Å². The SMILES string of the molecule is Nc1cc(C2(C(F)(F)F)CCCCC2)no1. The molecule has 1 aromatic heterocycles. The minimum atomic E-state index is -4.29. The first-order valence-corrected chi connectivity index (χ1v) is 5.25. The first-order valence-electron chi connectivity index (χ1n) is 5.25. The van der Waals surface area contributed by atoms with E-state index in [1.807, 2.05) is 0 Å². The number of nitrogens with two attached hydrogens (primary N) is 1. The molecule has 0 aromatic carbocycles. The second kappa shape index (κ2) is 3.68. The molecule has 3 nitrogen and oxygen atoms in total. The third-order valence-corrected chi connectivity index (χ3v) is 3.27. The molecule has 0 spiro atoms. The van der Waals surface area contributed by atoms with Gasteiger partial charge in [0.05, 0.1) is 0 Å². The molecule has 1 saturated carbocycles. The molecule has 90 valence electrons. The quantitative estimate of drug-likeness (QED) is 0.812. The highest BCUT2D eigenvalue weighted by molar-refractivity contribution is 5.31. The highest BCUT2D eigenvalue weighted by atomic mass is 19.4. The van der Waals surface area contributed by atoms with E-state index < -0.39 is 11.6 Å². The summed E-state index contributed by atoms with van der Waals surface area (Å²) >= 11 is 0. The van der Waals surface area contributed by atoms with Gasteiger partial charge in [0.1, 0.15) is 11.1 Å². The minimum absolute atomic E-state index is 0.0656. The zero-order chi connectivity index (χ0) is 11.8. The van der Waals surface area contributed by atoms with Crippen molar-refractivity contribution in [2.45, 2.75) is 43.7 Å². The molecule has 0 unspecified atom stereocenters. The largest absolute Gasteiger partial charge is 0.400 e. The third kappa shape index (κ3) is 1.66. The molecule has 1 aliphatic rings. The van der Waals surface area contributed by atoms with Crippen molar-refractivity contribution in [1.82, 2.24) is 5.16 Å². The standard InChI is InChI=1S/C10H13F3N2O/c11-10(12,13)9(4-2-1-3-5-9)7-6-8(14)16-15-7/h6H,1-5,14H2. The Bertz CT molecular complexity index is 366. The van der Waals surface area contributed by atoms with Crippen LogP contribution in [0.15, 0.2) is 10.6 Å². The Morgan fingerprint density at radius 3 is 2.31 bits per heavy atom. The lowest BCUT2D eigenvalue weighted by Crippen LogP contribution is -2.44. The highest BCUT2D eigenvalue weighted by Gasteiger charge is 2.57. The fourth-order valence-electron chi connectivity index (χ4n) is 2.36. The van der Waals surface area contributed by atoms with Crippen LogP contribution in [0.25, 0.3) is 0 Å². The molecule has 0 bridgehead atoms. The van der Waals surface area contributed by atoms with Gasteiger partial charge in [0, 0.05) is 6.07 Å². The van der Waals surface area contributed by atoms with Gasteiger partial charge in [-0.25, -0.2) is 0 Å². The lowest BCUT2D eigenvalue weighted by Gasteiger charge is -2.36. The van der Waals surface area contributed by atoms with Crippen LogP contribution in [0.5, 0.6) is 0 Å². The van der Waals surface area contributed by atoms with Gasteiger partial charge in [-0.2, -0.15) is 13.2 Å². The predicted octanol–water partition coefficient (Wildman–Crippen LogP) is 3.02. The van der Waals surface area contributed by atoms with Crippen molar-refractivity contribution in [2.24, 2.45) is 0 Å². The van der Waals surface area contributed by atoms with Crippen LogP contribution in [0, 0.1) is 0 Å². The van der Waals surface area contributed by atoms with Crippen LogP contribution in [0.1, 0.15) is 37.8 Å². The van der Waals surface area contributed by atoms with Crippen molar-refractivity contribution >= 4 is 5.88 Å². The van der Waals surface area contributed by atoms with Crippen LogP contribution in [-0.4, -0.2) is 11.3 Å². The second-order valence-corrected chi connectivity index (χ2v) is 4.26. The summed E-state index contributed by atoms with van der Waals surface area (Å²) in [6.07, 6.45) is -2.19. The lowest BCUT2D eigenvalue weighted by atomic mass is 9.71. The van der Waals surface area contributed by atoms with Gasteiger partial charge in [0.2, 0.25) is 5.88 Å². The molecule has 0 radical (unpaired) electrons. The molecule has 1 aliphatic carbocycles. The number of hydrogen-bond donors (Lipinski definition) is 1. The van der Waals surface area contributed by atoms with Crippen molar-refractivity contribution in [3.05, 3.63) is 11.8 Å². The monoisotopic (exact) mass is 234 g/mol. The average molecular weight is 234 g/mol. The van der Waals surface area contributed by atoms with Crippen LogP contribution in [-0.2, 0) is 5.41 Å². The van der Waals surface area contributed by atoms with Crippen molar-refractivity contribution in [3.63, 3.8) is 0 Å². The first-order chi connectivity index (χ1) is 7.46. The third-order valence-electron chi connectivity index (χ3n) is 3.27. The molecule has 16 heavy (non-hydrogen) atoms. The normalized spacial score (nSPS) is 20.9. The Hall–Kier alpha value is -1.20. The first kappa shape index (κ1) is 11.3. The minimum Gasteiger partial charge on any atom is -0.368 e. The van der Waals surface area contributed by atoms with Crippen LogP contribution in [0.3, 0.4) is 0 Å². The zero-order valence-electron chi connectivity index (χ0n) is 8.68. The van der Waals surface area contributed by atoms with Crippen LogP contribution in [0.2, 0.25) is 0 Å². The van der Waals surface area contributed by atoms with E-state index in [9.17, 15) is 13.2 Å².